The zero-order valence-corrected chi connectivity index (χ0v) is 19.3. The first-order valence-electron chi connectivity index (χ1n) is 11.8. The van der Waals surface area contributed by atoms with Crippen LogP contribution in [0.3, 0.4) is 0 Å². The van der Waals surface area contributed by atoms with Gasteiger partial charge in [0.2, 0.25) is 0 Å². The van der Waals surface area contributed by atoms with E-state index in [1.807, 2.05) is 30.9 Å². The molecule has 1 aliphatic heterocycles. The summed E-state index contributed by atoms with van der Waals surface area (Å²) < 4.78 is 6.93. The standard InChI is InChI=1S/C26H31N3O4/c1-3-29-23-12-9-20(17-22(23)27-24(30)26(29)32)25(31)28-15-13-19(14-16-28)6-5-18-7-10-21(11-8-18)33-4-2/h7-12,17,19H,3-6,13-16H2,1-2H3,(H,27,30). The van der Waals surface area contributed by atoms with E-state index in [1.165, 1.54) is 10.1 Å². The number of likely N-dealkylation sites (tertiary alicyclic amines) is 1. The highest BCUT2D eigenvalue weighted by Crippen LogP contribution is 2.25. The number of amides is 1. The number of nitrogens with one attached hydrogen (secondary N) is 1. The second-order valence-electron chi connectivity index (χ2n) is 8.59. The summed E-state index contributed by atoms with van der Waals surface area (Å²) in [7, 11) is 0. The minimum Gasteiger partial charge on any atom is -0.494 e. The van der Waals surface area contributed by atoms with Gasteiger partial charge in [-0.25, -0.2) is 0 Å². The fraction of sp³-hybridized carbons (Fsp3) is 0.423. The predicted octanol–water partition coefficient (Wildman–Crippen LogP) is 3.59. The third kappa shape index (κ3) is 5.02. The Morgan fingerprint density at radius 2 is 1.79 bits per heavy atom. The number of aromatic amines is 1. The van der Waals surface area contributed by atoms with Gasteiger partial charge in [0.15, 0.2) is 0 Å². The molecule has 0 atom stereocenters. The summed E-state index contributed by atoms with van der Waals surface area (Å²) in [5.41, 5.74) is 1.75. The topological polar surface area (TPSA) is 84.4 Å². The SMILES string of the molecule is CCOc1ccc(CCC2CCN(C(=O)c3ccc4c(c3)[nH]c(=O)c(=O)n4CC)CC2)cc1. The summed E-state index contributed by atoms with van der Waals surface area (Å²) >= 11 is 0. The molecule has 1 fully saturated rings. The van der Waals surface area contributed by atoms with Gasteiger partial charge in [-0.15, -0.1) is 0 Å². The van der Waals surface area contributed by atoms with Crippen LogP contribution in [-0.4, -0.2) is 40.1 Å². The van der Waals surface area contributed by atoms with E-state index in [-0.39, 0.29) is 5.91 Å². The van der Waals surface area contributed by atoms with Crippen LogP contribution in [-0.2, 0) is 13.0 Å². The predicted molar refractivity (Wildman–Crippen MR) is 129 cm³/mol. The summed E-state index contributed by atoms with van der Waals surface area (Å²) in [6, 6.07) is 13.5. The number of fused-ring (bicyclic) bond motifs is 1. The fourth-order valence-electron chi connectivity index (χ4n) is 4.62. The van der Waals surface area contributed by atoms with E-state index < -0.39 is 11.1 Å². The highest BCUT2D eigenvalue weighted by atomic mass is 16.5. The lowest BCUT2D eigenvalue weighted by Crippen LogP contribution is -2.39. The second-order valence-corrected chi connectivity index (χ2v) is 8.59. The van der Waals surface area contributed by atoms with Gasteiger partial charge in [-0.05, 0) is 81.3 Å². The number of piperidine rings is 1. The van der Waals surface area contributed by atoms with Crippen molar-refractivity contribution >= 4 is 16.9 Å². The van der Waals surface area contributed by atoms with E-state index in [9.17, 15) is 14.4 Å². The molecule has 0 aliphatic carbocycles. The lowest BCUT2D eigenvalue weighted by atomic mass is 9.90. The molecule has 1 saturated heterocycles. The van der Waals surface area contributed by atoms with Crippen LogP contribution in [0.5, 0.6) is 5.75 Å². The lowest BCUT2D eigenvalue weighted by Gasteiger charge is -2.32. The number of H-pyrrole nitrogens is 1. The zero-order valence-electron chi connectivity index (χ0n) is 19.3. The van der Waals surface area contributed by atoms with Crippen LogP contribution in [0.15, 0.2) is 52.1 Å². The molecule has 1 N–H and O–H groups in total. The molecule has 0 spiro atoms. The van der Waals surface area contributed by atoms with Gasteiger partial charge in [0.05, 0.1) is 17.6 Å². The Balaban J connectivity index is 1.36. The van der Waals surface area contributed by atoms with Crippen LogP contribution in [0.1, 0.15) is 49.0 Å². The third-order valence-electron chi connectivity index (χ3n) is 6.52. The molecule has 7 nitrogen and oxygen atoms in total. The Hall–Kier alpha value is -3.35. The van der Waals surface area contributed by atoms with Gasteiger partial charge >= 0.3 is 11.1 Å². The summed E-state index contributed by atoms with van der Waals surface area (Å²) in [4.78, 5) is 41.6. The molecule has 2 heterocycles. The number of ether oxygens (including phenoxy) is 1. The fourth-order valence-corrected chi connectivity index (χ4v) is 4.62. The van der Waals surface area contributed by atoms with Gasteiger partial charge in [-0.2, -0.15) is 0 Å². The number of benzene rings is 2. The number of hydrogen-bond donors (Lipinski definition) is 1. The normalized spacial score (nSPS) is 14.5. The van der Waals surface area contributed by atoms with Gasteiger partial charge in [-0.1, -0.05) is 12.1 Å². The van der Waals surface area contributed by atoms with Crippen LogP contribution >= 0.6 is 0 Å². The molecule has 0 radical (unpaired) electrons. The van der Waals surface area contributed by atoms with Gasteiger partial charge < -0.3 is 19.2 Å². The van der Waals surface area contributed by atoms with Crippen molar-refractivity contribution in [3.63, 3.8) is 0 Å². The first kappa shape index (κ1) is 22.8. The molecule has 33 heavy (non-hydrogen) atoms. The zero-order chi connectivity index (χ0) is 23.4. The van der Waals surface area contributed by atoms with Gasteiger partial charge in [-0.3, -0.25) is 14.4 Å². The van der Waals surface area contributed by atoms with Crippen molar-refractivity contribution in [2.24, 2.45) is 5.92 Å². The van der Waals surface area contributed by atoms with E-state index in [4.69, 9.17) is 4.74 Å². The van der Waals surface area contributed by atoms with E-state index in [0.29, 0.717) is 35.7 Å². The van der Waals surface area contributed by atoms with E-state index in [2.05, 4.69) is 17.1 Å². The molecule has 174 valence electrons. The van der Waals surface area contributed by atoms with Crippen molar-refractivity contribution in [2.75, 3.05) is 19.7 Å². The lowest BCUT2D eigenvalue weighted by molar-refractivity contribution is 0.0687. The van der Waals surface area contributed by atoms with E-state index in [0.717, 1.165) is 44.5 Å². The minimum absolute atomic E-state index is 0.0306. The first-order chi connectivity index (χ1) is 16.0. The molecular weight excluding hydrogens is 418 g/mol. The molecule has 0 bridgehead atoms. The van der Waals surface area contributed by atoms with Crippen LogP contribution in [0.25, 0.3) is 11.0 Å². The number of nitrogens with zero attached hydrogens (tertiary/aromatic N) is 2. The Kier molecular flexibility index (Phi) is 6.96. The Bertz CT molecular complexity index is 1240. The number of aryl methyl sites for hydroxylation is 2. The van der Waals surface area contributed by atoms with Crippen LogP contribution < -0.4 is 15.9 Å². The van der Waals surface area contributed by atoms with Crippen molar-refractivity contribution in [1.82, 2.24) is 14.5 Å². The summed E-state index contributed by atoms with van der Waals surface area (Å²) in [6.07, 6.45) is 4.12. The van der Waals surface area contributed by atoms with Gasteiger partial charge in [0.1, 0.15) is 5.75 Å². The summed E-state index contributed by atoms with van der Waals surface area (Å²) in [5.74, 6) is 1.48. The number of rotatable bonds is 7. The Labute approximate surface area is 193 Å². The molecule has 0 unspecified atom stereocenters. The third-order valence-corrected chi connectivity index (χ3v) is 6.52. The van der Waals surface area contributed by atoms with Crippen molar-refractivity contribution in [3.8, 4) is 5.75 Å². The van der Waals surface area contributed by atoms with Crippen molar-refractivity contribution in [1.29, 1.82) is 0 Å². The van der Waals surface area contributed by atoms with E-state index in [1.54, 1.807) is 18.2 Å². The quantitative estimate of drug-likeness (QED) is 0.559. The number of carbonyl (C=O) groups is 1. The van der Waals surface area contributed by atoms with E-state index >= 15 is 0 Å². The van der Waals surface area contributed by atoms with Gasteiger partial charge in [0, 0.05) is 25.2 Å². The Morgan fingerprint density at radius 3 is 2.45 bits per heavy atom. The molecular formula is C26H31N3O4. The molecule has 1 aromatic heterocycles. The van der Waals surface area contributed by atoms with Crippen molar-refractivity contribution in [2.45, 2.75) is 46.1 Å². The molecule has 2 aromatic carbocycles. The first-order valence-corrected chi connectivity index (χ1v) is 11.8. The molecule has 7 heteroatoms. The highest BCUT2D eigenvalue weighted by Gasteiger charge is 2.24. The molecule has 3 aromatic rings. The van der Waals surface area contributed by atoms with Crippen LogP contribution in [0.4, 0.5) is 0 Å². The minimum atomic E-state index is -0.665. The summed E-state index contributed by atoms with van der Waals surface area (Å²) in [6.45, 7) is 6.34. The number of hydrogen-bond acceptors (Lipinski definition) is 4. The molecule has 1 aliphatic rings. The number of aromatic nitrogens is 2. The maximum Gasteiger partial charge on any atom is 0.316 e. The summed E-state index contributed by atoms with van der Waals surface area (Å²) in [5, 5.41) is 0. The molecule has 0 saturated carbocycles. The smallest absolute Gasteiger partial charge is 0.316 e. The maximum atomic E-state index is 13.1. The maximum absolute atomic E-state index is 13.1. The average Bonchev–Trinajstić information content (AvgIpc) is 2.84. The van der Waals surface area contributed by atoms with Crippen molar-refractivity contribution < 1.29 is 9.53 Å². The largest absolute Gasteiger partial charge is 0.494 e. The van der Waals surface area contributed by atoms with Gasteiger partial charge in [0.25, 0.3) is 5.91 Å². The molecule has 1 amide bonds. The monoisotopic (exact) mass is 449 g/mol. The highest BCUT2D eigenvalue weighted by molar-refractivity contribution is 5.97. The van der Waals surface area contributed by atoms with Crippen molar-refractivity contribution in [3.05, 3.63) is 74.3 Å². The Morgan fingerprint density at radius 1 is 1.06 bits per heavy atom. The van der Waals surface area contributed by atoms with Crippen LogP contribution in [0.2, 0.25) is 0 Å². The average molecular weight is 450 g/mol. The second kappa shape index (κ2) is 10.1. The van der Waals surface area contributed by atoms with Crippen LogP contribution in [0, 0.1) is 5.92 Å². The number of carbonyl (C=O) groups excluding carboxylic acids is 1. The molecule has 4 rings (SSSR count).